The minimum Gasteiger partial charge on any atom is -0.502 e. The molecule has 0 saturated heterocycles. The zero-order valence-corrected chi connectivity index (χ0v) is 11.8. The van der Waals surface area contributed by atoms with Crippen LogP contribution in [0.4, 0.5) is 5.69 Å². The molecule has 0 saturated carbocycles. The number of benzene rings is 2. The van der Waals surface area contributed by atoms with E-state index in [0.717, 1.165) is 6.07 Å². The van der Waals surface area contributed by atoms with Crippen molar-refractivity contribution in [1.82, 2.24) is 5.43 Å². The number of carbonyl (C=O) groups excluding carboxylic acids is 1. The molecule has 0 radical (unpaired) electrons. The molecular weight excluding hydrogens is 310 g/mol. The molecule has 0 heterocycles. The van der Waals surface area contributed by atoms with Crippen LogP contribution in [0.5, 0.6) is 5.75 Å². The summed E-state index contributed by atoms with van der Waals surface area (Å²) in [4.78, 5) is 21.8. The van der Waals surface area contributed by atoms with Crippen molar-refractivity contribution in [2.45, 2.75) is 0 Å². The van der Waals surface area contributed by atoms with Gasteiger partial charge in [-0.25, -0.2) is 5.43 Å². The molecular formula is C14H10ClN3O4. The first-order valence-electron chi connectivity index (χ1n) is 6.04. The second-order valence-corrected chi connectivity index (χ2v) is 4.59. The first kappa shape index (κ1) is 15.5. The Kier molecular flexibility index (Phi) is 4.70. The molecule has 0 atom stereocenters. The standard InChI is InChI=1S/C14H10ClN3O4/c15-11-4-2-1-3-10(11)14(20)17-16-8-9-5-6-13(19)12(7-9)18(21)22/h1-8,19H,(H,17,20)/b16-8-. The van der Waals surface area contributed by atoms with Gasteiger partial charge in [0.25, 0.3) is 5.91 Å². The summed E-state index contributed by atoms with van der Waals surface area (Å²) >= 11 is 5.87. The van der Waals surface area contributed by atoms with Gasteiger partial charge in [0, 0.05) is 11.6 Å². The summed E-state index contributed by atoms with van der Waals surface area (Å²) in [5.41, 5.74) is 2.44. The highest BCUT2D eigenvalue weighted by Gasteiger charge is 2.13. The van der Waals surface area contributed by atoms with Crippen LogP contribution in [0.3, 0.4) is 0 Å². The lowest BCUT2D eigenvalue weighted by Gasteiger charge is -2.01. The minimum absolute atomic E-state index is 0.262. The summed E-state index contributed by atoms with van der Waals surface area (Å²) < 4.78 is 0. The third kappa shape index (κ3) is 3.58. The van der Waals surface area contributed by atoms with E-state index >= 15 is 0 Å². The van der Waals surface area contributed by atoms with Crippen molar-refractivity contribution in [3.63, 3.8) is 0 Å². The maximum Gasteiger partial charge on any atom is 0.311 e. The topological polar surface area (TPSA) is 105 Å². The van der Waals surface area contributed by atoms with Crippen LogP contribution in [-0.2, 0) is 0 Å². The quantitative estimate of drug-likeness (QED) is 0.513. The highest BCUT2D eigenvalue weighted by molar-refractivity contribution is 6.33. The summed E-state index contributed by atoms with van der Waals surface area (Å²) in [6.45, 7) is 0. The maximum atomic E-state index is 11.8. The molecule has 2 aromatic carbocycles. The maximum absolute atomic E-state index is 11.8. The predicted molar refractivity (Wildman–Crippen MR) is 81.3 cm³/mol. The van der Waals surface area contributed by atoms with Crippen molar-refractivity contribution in [2.24, 2.45) is 5.10 Å². The van der Waals surface area contributed by atoms with Gasteiger partial charge >= 0.3 is 5.69 Å². The predicted octanol–water partition coefficient (Wildman–Crippen LogP) is 2.72. The number of nitrogens with one attached hydrogen (secondary N) is 1. The number of nitrogens with zero attached hydrogens (tertiary/aromatic N) is 2. The van der Waals surface area contributed by atoms with Crippen LogP contribution < -0.4 is 5.43 Å². The molecule has 0 aliphatic carbocycles. The molecule has 112 valence electrons. The number of aromatic hydroxyl groups is 1. The Balaban J connectivity index is 2.10. The van der Waals surface area contributed by atoms with Crippen molar-refractivity contribution in [3.05, 3.63) is 68.7 Å². The van der Waals surface area contributed by atoms with Gasteiger partial charge in [-0.15, -0.1) is 0 Å². The van der Waals surface area contributed by atoms with Gasteiger partial charge in [0.15, 0.2) is 5.75 Å². The summed E-state index contributed by atoms with van der Waals surface area (Å²) in [5.74, 6) is -0.947. The summed E-state index contributed by atoms with van der Waals surface area (Å²) in [5, 5.41) is 24.0. The van der Waals surface area contributed by atoms with Crippen LogP contribution in [0, 0.1) is 10.1 Å². The van der Waals surface area contributed by atoms with Crippen LogP contribution in [-0.4, -0.2) is 22.2 Å². The Labute approximate surface area is 130 Å². The zero-order valence-electron chi connectivity index (χ0n) is 11.1. The van der Waals surface area contributed by atoms with Crippen LogP contribution >= 0.6 is 11.6 Å². The number of rotatable bonds is 4. The largest absolute Gasteiger partial charge is 0.502 e. The van der Waals surface area contributed by atoms with Gasteiger partial charge in [-0.3, -0.25) is 14.9 Å². The SMILES string of the molecule is O=C(N/N=C\c1ccc(O)c([N+](=O)[O-])c1)c1ccccc1Cl. The van der Waals surface area contributed by atoms with Gasteiger partial charge in [-0.1, -0.05) is 23.7 Å². The number of hydrogen-bond donors (Lipinski definition) is 2. The van der Waals surface area contributed by atoms with Gasteiger partial charge in [-0.05, 0) is 24.3 Å². The molecule has 2 aromatic rings. The fourth-order valence-electron chi connectivity index (χ4n) is 1.64. The second kappa shape index (κ2) is 6.68. The molecule has 0 aliphatic rings. The number of amides is 1. The van der Waals surface area contributed by atoms with Crippen LogP contribution in [0.25, 0.3) is 0 Å². The minimum atomic E-state index is -0.713. The first-order chi connectivity index (χ1) is 10.5. The van der Waals surface area contributed by atoms with Gasteiger partial charge in [-0.2, -0.15) is 5.10 Å². The Morgan fingerprint density at radius 3 is 2.73 bits per heavy atom. The molecule has 8 heteroatoms. The number of hydrogen-bond acceptors (Lipinski definition) is 5. The van der Waals surface area contributed by atoms with E-state index in [-0.39, 0.29) is 10.6 Å². The van der Waals surface area contributed by atoms with Crippen molar-refractivity contribution in [1.29, 1.82) is 0 Å². The molecule has 0 unspecified atom stereocenters. The lowest BCUT2D eigenvalue weighted by molar-refractivity contribution is -0.385. The van der Waals surface area contributed by atoms with E-state index in [9.17, 15) is 20.0 Å². The van der Waals surface area contributed by atoms with E-state index in [0.29, 0.717) is 5.56 Å². The molecule has 0 spiro atoms. The van der Waals surface area contributed by atoms with Crippen molar-refractivity contribution in [2.75, 3.05) is 0 Å². The van der Waals surface area contributed by atoms with E-state index in [1.165, 1.54) is 18.3 Å². The third-order valence-corrected chi connectivity index (χ3v) is 3.02. The number of phenolic OH excluding ortho intramolecular Hbond substituents is 1. The number of nitro groups is 1. The van der Waals surface area contributed by atoms with Crippen molar-refractivity contribution >= 4 is 29.4 Å². The van der Waals surface area contributed by atoms with Gasteiger partial charge in [0.2, 0.25) is 0 Å². The number of nitro benzene ring substituents is 1. The van der Waals surface area contributed by atoms with Crippen molar-refractivity contribution in [3.8, 4) is 5.75 Å². The lowest BCUT2D eigenvalue weighted by Crippen LogP contribution is -2.17. The van der Waals surface area contributed by atoms with E-state index in [2.05, 4.69) is 10.5 Å². The Morgan fingerprint density at radius 1 is 1.32 bits per heavy atom. The molecule has 2 N–H and O–H groups in total. The molecule has 0 aromatic heterocycles. The number of phenols is 1. The fraction of sp³-hybridized carbons (Fsp3) is 0. The molecule has 7 nitrogen and oxygen atoms in total. The van der Waals surface area contributed by atoms with Gasteiger partial charge in [0.1, 0.15) is 0 Å². The summed E-state index contributed by atoms with van der Waals surface area (Å²) in [6, 6.07) is 10.2. The smallest absolute Gasteiger partial charge is 0.311 e. The Hall–Kier alpha value is -2.93. The Bertz CT molecular complexity index is 762. The second-order valence-electron chi connectivity index (χ2n) is 4.18. The Morgan fingerprint density at radius 2 is 2.05 bits per heavy atom. The van der Waals surface area contributed by atoms with Crippen LogP contribution in [0.2, 0.25) is 5.02 Å². The molecule has 2 rings (SSSR count). The van der Waals surface area contributed by atoms with Crippen LogP contribution in [0.1, 0.15) is 15.9 Å². The van der Waals surface area contributed by atoms with Gasteiger partial charge < -0.3 is 5.11 Å². The molecule has 0 bridgehead atoms. The van der Waals surface area contributed by atoms with Gasteiger partial charge in [0.05, 0.1) is 21.7 Å². The first-order valence-corrected chi connectivity index (χ1v) is 6.42. The number of halogens is 1. The van der Waals surface area contributed by atoms with E-state index in [1.54, 1.807) is 24.3 Å². The molecule has 22 heavy (non-hydrogen) atoms. The molecule has 1 amide bonds. The average molecular weight is 320 g/mol. The molecule has 0 fully saturated rings. The normalized spacial score (nSPS) is 10.6. The monoisotopic (exact) mass is 319 g/mol. The third-order valence-electron chi connectivity index (χ3n) is 2.69. The van der Waals surface area contributed by atoms with Crippen LogP contribution in [0.15, 0.2) is 47.6 Å². The molecule has 0 aliphatic heterocycles. The zero-order chi connectivity index (χ0) is 16.1. The van der Waals surface area contributed by atoms with E-state index < -0.39 is 22.3 Å². The highest BCUT2D eigenvalue weighted by atomic mass is 35.5. The summed E-state index contributed by atoms with van der Waals surface area (Å²) in [6.07, 6.45) is 1.22. The fourth-order valence-corrected chi connectivity index (χ4v) is 1.86. The number of carbonyl (C=O) groups is 1. The highest BCUT2D eigenvalue weighted by Crippen LogP contribution is 2.25. The van der Waals surface area contributed by atoms with E-state index in [1.807, 2.05) is 0 Å². The summed E-state index contributed by atoms with van der Waals surface area (Å²) in [7, 11) is 0. The lowest BCUT2D eigenvalue weighted by atomic mass is 10.2. The number of hydrazone groups is 1. The average Bonchev–Trinajstić information content (AvgIpc) is 2.49. The van der Waals surface area contributed by atoms with Crippen molar-refractivity contribution < 1.29 is 14.8 Å². The van der Waals surface area contributed by atoms with E-state index in [4.69, 9.17) is 11.6 Å².